The van der Waals surface area contributed by atoms with Crippen LogP contribution in [0.15, 0.2) is 4.99 Å². The molecule has 0 spiro atoms. The monoisotopic (exact) mass is 110 g/mol. The molecule has 0 aliphatic carbocycles. The van der Waals surface area contributed by atoms with Crippen molar-refractivity contribution in [3.05, 3.63) is 0 Å². The highest BCUT2D eigenvalue weighted by Crippen LogP contribution is 2.13. The molecule has 0 bridgehead atoms. The van der Waals surface area contributed by atoms with Crippen LogP contribution in [0.4, 0.5) is 13.2 Å². The summed E-state index contributed by atoms with van der Waals surface area (Å²) in [5.74, 6) is 0. The van der Waals surface area contributed by atoms with Crippen molar-refractivity contribution in [2.45, 2.75) is 6.30 Å². The van der Waals surface area contributed by atoms with Gasteiger partial charge < -0.3 is 0 Å². The maximum atomic E-state index is 10.7. The predicted molar refractivity (Wildman–Crippen MR) is 16.2 cm³/mol. The molecule has 5 heteroatoms. The molecule has 0 amide bonds. The Morgan fingerprint density at radius 2 is 1.86 bits per heavy atom. The van der Waals surface area contributed by atoms with Crippen LogP contribution in [-0.4, -0.2) is 12.3 Å². The van der Waals surface area contributed by atoms with Crippen molar-refractivity contribution in [2.75, 3.05) is 0 Å². The molecule has 0 aliphatic heterocycles. The van der Waals surface area contributed by atoms with Crippen LogP contribution in [0.2, 0.25) is 0 Å². The minimum absolute atomic E-state index is 0.858. The van der Waals surface area contributed by atoms with E-state index in [1.54, 1.807) is 4.99 Å². The summed E-state index contributed by atoms with van der Waals surface area (Å²) in [6.45, 7) is 0. The van der Waals surface area contributed by atoms with Gasteiger partial charge in [0.25, 0.3) is 0 Å². The molecule has 0 saturated heterocycles. The molecular formula is C2HF3N2. The van der Waals surface area contributed by atoms with E-state index >= 15 is 0 Å². The van der Waals surface area contributed by atoms with Gasteiger partial charge in [-0.1, -0.05) is 0 Å². The highest BCUT2D eigenvalue weighted by molar-refractivity contribution is 5.35. The van der Waals surface area contributed by atoms with Gasteiger partial charge in [-0.3, -0.25) is 0 Å². The van der Waals surface area contributed by atoms with Gasteiger partial charge in [0.15, 0.2) is 0 Å². The average Bonchev–Trinajstić information content (AvgIpc) is 1.30. The lowest BCUT2D eigenvalue weighted by molar-refractivity contribution is -0.118. The summed E-state index contributed by atoms with van der Waals surface area (Å²) < 4.78 is 32.1. The zero-order chi connectivity index (χ0) is 5.91. The van der Waals surface area contributed by atoms with Crippen molar-refractivity contribution in [1.29, 1.82) is 5.41 Å². The van der Waals surface area contributed by atoms with Crippen molar-refractivity contribution in [2.24, 2.45) is 4.99 Å². The minimum atomic E-state index is -4.62. The third kappa shape index (κ3) is 5.17. The van der Waals surface area contributed by atoms with Crippen molar-refractivity contribution in [1.82, 2.24) is 0 Å². The molecule has 0 aromatic carbocycles. The highest BCUT2D eigenvalue weighted by atomic mass is 19.4. The van der Waals surface area contributed by atoms with Crippen molar-refractivity contribution < 1.29 is 13.2 Å². The number of halogens is 3. The number of nitrogens with zero attached hydrogens (tertiary/aromatic N) is 1. The quantitative estimate of drug-likeness (QED) is 0.360. The van der Waals surface area contributed by atoms with Crippen LogP contribution in [-0.2, 0) is 0 Å². The Kier molecular flexibility index (Phi) is 1.54. The number of hydrogen-bond acceptors (Lipinski definition) is 2. The second-order valence-corrected chi connectivity index (χ2v) is 0.691. The summed E-state index contributed by atoms with van der Waals surface area (Å²) >= 11 is 0. The van der Waals surface area contributed by atoms with Crippen molar-refractivity contribution in [3.63, 3.8) is 0 Å². The lowest BCUT2D eigenvalue weighted by atomic mass is 11.2. The van der Waals surface area contributed by atoms with Gasteiger partial charge in [0.1, 0.15) is 0 Å². The molecule has 0 atom stereocenters. The van der Waals surface area contributed by atoms with E-state index < -0.39 is 6.30 Å². The molecule has 0 aromatic heterocycles. The summed E-state index contributed by atoms with van der Waals surface area (Å²) in [4.78, 5) is 1.67. The fourth-order valence-corrected chi connectivity index (χ4v) is 0.0634. The van der Waals surface area contributed by atoms with Gasteiger partial charge in [-0.05, 0) is 0 Å². The number of alkyl halides is 3. The van der Waals surface area contributed by atoms with E-state index in [2.05, 4.69) is 0 Å². The Hall–Kier alpha value is -0.830. The zero-order valence-electron chi connectivity index (χ0n) is 3.08. The first-order valence-electron chi connectivity index (χ1n) is 1.26. The molecule has 0 saturated carbocycles. The Morgan fingerprint density at radius 3 is 1.86 bits per heavy atom. The summed E-state index contributed by atoms with van der Waals surface area (Å²) in [7, 11) is 0. The summed E-state index contributed by atoms with van der Waals surface area (Å²) in [5.41, 5.74) is 0. The Bertz CT molecular complexity index is 98.0. The Labute approximate surface area is 37.2 Å². The molecule has 0 heterocycles. The smallest absolute Gasteiger partial charge is 0.241 e. The SMILES string of the molecule is N=C=NC(F)(F)F. The van der Waals surface area contributed by atoms with Gasteiger partial charge in [-0.2, -0.15) is 0 Å². The molecule has 40 valence electrons. The lowest BCUT2D eigenvalue weighted by Gasteiger charge is -1.89. The van der Waals surface area contributed by atoms with Gasteiger partial charge in [-0.25, -0.2) is 5.41 Å². The standard InChI is InChI=1S/C2HF3N2/c3-2(4,5)7-1-6/h6H. The topological polar surface area (TPSA) is 36.2 Å². The van der Waals surface area contributed by atoms with Gasteiger partial charge in [0.05, 0.1) is 6.01 Å². The molecule has 0 aromatic rings. The van der Waals surface area contributed by atoms with Crippen molar-refractivity contribution in [3.8, 4) is 0 Å². The largest absolute Gasteiger partial charge is 0.512 e. The number of nitrogens with one attached hydrogen (secondary N) is 1. The molecule has 0 unspecified atom stereocenters. The predicted octanol–water partition coefficient (Wildman–Crippen LogP) is 1.26. The second kappa shape index (κ2) is 1.75. The van der Waals surface area contributed by atoms with E-state index in [-0.39, 0.29) is 0 Å². The molecule has 1 N–H and O–H groups in total. The van der Waals surface area contributed by atoms with E-state index in [0.29, 0.717) is 0 Å². The fourth-order valence-electron chi connectivity index (χ4n) is 0.0634. The first-order chi connectivity index (χ1) is 3.06. The average molecular weight is 110 g/mol. The third-order valence-corrected chi connectivity index (χ3v) is 0.183. The first-order valence-corrected chi connectivity index (χ1v) is 1.26. The third-order valence-electron chi connectivity index (χ3n) is 0.183. The van der Waals surface area contributed by atoms with Crippen LogP contribution in [0, 0.1) is 5.41 Å². The van der Waals surface area contributed by atoms with Crippen LogP contribution >= 0.6 is 0 Å². The molecule has 7 heavy (non-hydrogen) atoms. The molecule has 0 radical (unpaired) electrons. The van der Waals surface area contributed by atoms with Crippen molar-refractivity contribution >= 4 is 6.01 Å². The van der Waals surface area contributed by atoms with E-state index in [9.17, 15) is 13.2 Å². The molecule has 0 aliphatic rings. The van der Waals surface area contributed by atoms with Crippen LogP contribution in [0.1, 0.15) is 0 Å². The number of rotatable bonds is 0. The number of hydrogen-bond donors (Lipinski definition) is 1. The molecular weight excluding hydrogens is 109 g/mol. The van der Waals surface area contributed by atoms with Gasteiger partial charge in [0.2, 0.25) is 0 Å². The van der Waals surface area contributed by atoms with Gasteiger partial charge in [0, 0.05) is 0 Å². The van der Waals surface area contributed by atoms with Gasteiger partial charge >= 0.3 is 6.30 Å². The lowest BCUT2D eigenvalue weighted by Crippen LogP contribution is -1.99. The van der Waals surface area contributed by atoms with Crippen LogP contribution in [0.5, 0.6) is 0 Å². The molecule has 0 rings (SSSR count). The van der Waals surface area contributed by atoms with Crippen LogP contribution in [0.3, 0.4) is 0 Å². The second-order valence-electron chi connectivity index (χ2n) is 0.691. The first kappa shape index (κ1) is 6.17. The summed E-state index contributed by atoms with van der Waals surface area (Å²) in [5, 5.41) is 5.72. The fraction of sp³-hybridized carbons (Fsp3) is 0.500. The maximum Gasteiger partial charge on any atom is 0.512 e. The minimum Gasteiger partial charge on any atom is -0.241 e. The molecule has 2 nitrogen and oxygen atoms in total. The van der Waals surface area contributed by atoms with E-state index in [1.165, 1.54) is 0 Å². The van der Waals surface area contributed by atoms with E-state index in [1.807, 2.05) is 0 Å². The van der Waals surface area contributed by atoms with E-state index in [0.717, 1.165) is 6.01 Å². The summed E-state index contributed by atoms with van der Waals surface area (Å²) in [6.07, 6.45) is -4.62. The number of aliphatic imine (C=N–C) groups is 1. The zero-order valence-corrected chi connectivity index (χ0v) is 3.08. The highest BCUT2D eigenvalue weighted by Gasteiger charge is 2.24. The maximum absolute atomic E-state index is 10.7. The van der Waals surface area contributed by atoms with E-state index in [4.69, 9.17) is 5.41 Å². The summed E-state index contributed by atoms with van der Waals surface area (Å²) in [6, 6.07) is 0.858. The Balaban J connectivity index is 3.80. The van der Waals surface area contributed by atoms with Crippen LogP contribution in [0.25, 0.3) is 0 Å². The van der Waals surface area contributed by atoms with Gasteiger partial charge in [-0.15, -0.1) is 18.2 Å². The normalized spacial score (nSPS) is 10.1. The Morgan fingerprint density at radius 1 is 1.43 bits per heavy atom. The molecule has 0 fully saturated rings. The van der Waals surface area contributed by atoms with Crippen LogP contribution < -0.4 is 0 Å².